The molecule has 6 nitrogen and oxygen atoms in total. The monoisotopic (exact) mass is 266 g/mol. The first-order valence-corrected chi connectivity index (χ1v) is 6.78. The molecule has 1 atom stereocenters. The topological polar surface area (TPSA) is 68.2 Å². The number of nitrogens with zero attached hydrogens (tertiary/aromatic N) is 2. The molecular formula is C13H22N4O2. The van der Waals surface area contributed by atoms with E-state index in [4.69, 9.17) is 4.74 Å². The molecular weight excluding hydrogens is 244 g/mol. The third kappa shape index (κ3) is 4.33. The second kappa shape index (κ2) is 6.68. The fourth-order valence-corrected chi connectivity index (χ4v) is 2.10. The molecule has 2 heterocycles. The van der Waals surface area contributed by atoms with Crippen LogP contribution in [0.3, 0.4) is 0 Å². The highest BCUT2D eigenvalue weighted by Crippen LogP contribution is 2.10. The lowest BCUT2D eigenvalue weighted by Crippen LogP contribution is -2.43. The number of carbonyl (C=O) groups is 1. The summed E-state index contributed by atoms with van der Waals surface area (Å²) in [6, 6.07) is 1.93. The van der Waals surface area contributed by atoms with Crippen LogP contribution in [0.15, 0.2) is 12.3 Å². The lowest BCUT2D eigenvalue weighted by molar-refractivity contribution is -0.117. The van der Waals surface area contributed by atoms with Gasteiger partial charge in [-0.15, -0.1) is 0 Å². The van der Waals surface area contributed by atoms with Crippen molar-refractivity contribution in [2.75, 3.05) is 25.1 Å². The summed E-state index contributed by atoms with van der Waals surface area (Å²) < 4.78 is 7.16. The second-order valence-corrected chi connectivity index (χ2v) is 5.27. The third-order valence-corrected chi connectivity index (χ3v) is 2.95. The molecule has 2 rings (SSSR count). The number of hydrogen-bond acceptors (Lipinski definition) is 4. The zero-order valence-corrected chi connectivity index (χ0v) is 11.6. The molecule has 19 heavy (non-hydrogen) atoms. The van der Waals surface area contributed by atoms with Crippen molar-refractivity contribution in [2.45, 2.75) is 32.9 Å². The number of anilines is 1. The molecule has 0 spiro atoms. The fourth-order valence-electron chi connectivity index (χ4n) is 2.10. The van der Waals surface area contributed by atoms with Gasteiger partial charge in [-0.05, 0) is 5.92 Å². The molecule has 0 saturated carbocycles. The van der Waals surface area contributed by atoms with E-state index in [9.17, 15) is 4.79 Å². The van der Waals surface area contributed by atoms with E-state index in [1.807, 2.05) is 10.7 Å². The molecule has 1 unspecified atom stereocenters. The predicted molar refractivity (Wildman–Crippen MR) is 72.9 cm³/mol. The number of rotatable bonds is 5. The molecule has 1 saturated heterocycles. The highest BCUT2D eigenvalue weighted by molar-refractivity contribution is 5.90. The van der Waals surface area contributed by atoms with Crippen LogP contribution in [0.1, 0.15) is 20.3 Å². The van der Waals surface area contributed by atoms with E-state index in [-0.39, 0.29) is 11.9 Å². The Labute approximate surface area is 113 Å². The molecule has 1 aromatic heterocycles. The van der Waals surface area contributed by atoms with Gasteiger partial charge in [-0.2, -0.15) is 5.10 Å². The number of aromatic nitrogens is 2. The molecule has 106 valence electrons. The van der Waals surface area contributed by atoms with E-state index in [0.717, 1.165) is 25.5 Å². The van der Waals surface area contributed by atoms with E-state index in [1.54, 1.807) is 6.20 Å². The summed E-state index contributed by atoms with van der Waals surface area (Å²) in [4.78, 5) is 12.0. The number of amides is 1. The van der Waals surface area contributed by atoms with Crippen LogP contribution >= 0.6 is 0 Å². The average molecular weight is 266 g/mol. The van der Waals surface area contributed by atoms with E-state index in [0.29, 0.717) is 18.9 Å². The Balaban J connectivity index is 1.86. The quantitative estimate of drug-likeness (QED) is 0.829. The summed E-state index contributed by atoms with van der Waals surface area (Å²) in [7, 11) is 0. The van der Waals surface area contributed by atoms with Crippen LogP contribution in [0.25, 0.3) is 0 Å². The van der Waals surface area contributed by atoms with Gasteiger partial charge < -0.3 is 15.4 Å². The lowest BCUT2D eigenvalue weighted by Gasteiger charge is -2.23. The number of hydrogen-bond donors (Lipinski definition) is 2. The zero-order chi connectivity index (χ0) is 13.7. The molecule has 0 radical (unpaired) electrons. The van der Waals surface area contributed by atoms with Gasteiger partial charge in [0.05, 0.1) is 19.4 Å². The van der Waals surface area contributed by atoms with Gasteiger partial charge in [-0.3, -0.25) is 4.79 Å². The Morgan fingerprint density at radius 2 is 2.53 bits per heavy atom. The van der Waals surface area contributed by atoms with Crippen LogP contribution in [-0.2, 0) is 16.1 Å². The van der Waals surface area contributed by atoms with Crippen LogP contribution in [0.2, 0.25) is 0 Å². The molecule has 1 aliphatic heterocycles. The van der Waals surface area contributed by atoms with Gasteiger partial charge in [-0.1, -0.05) is 13.8 Å². The van der Waals surface area contributed by atoms with Crippen molar-refractivity contribution < 1.29 is 9.53 Å². The van der Waals surface area contributed by atoms with Gasteiger partial charge in [0, 0.05) is 31.6 Å². The minimum Gasteiger partial charge on any atom is -0.378 e. The van der Waals surface area contributed by atoms with Crippen LogP contribution in [-0.4, -0.2) is 41.5 Å². The van der Waals surface area contributed by atoms with Crippen LogP contribution in [0, 0.1) is 5.92 Å². The normalized spacial score (nSPS) is 19.6. The predicted octanol–water partition coefficient (Wildman–Crippen LogP) is 0.856. The SMILES string of the molecule is CC(C)Cn1nccc1NC(=O)CC1COCCN1. The maximum absolute atomic E-state index is 12.0. The van der Waals surface area contributed by atoms with E-state index in [2.05, 4.69) is 29.6 Å². The van der Waals surface area contributed by atoms with Gasteiger partial charge in [0.15, 0.2) is 0 Å². The lowest BCUT2D eigenvalue weighted by atomic mass is 10.2. The minimum atomic E-state index is -0.00601. The summed E-state index contributed by atoms with van der Waals surface area (Å²) in [5.41, 5.74) is 0. The Bertz CT molecular complexity index is 411. The van der Waals surface area contributed by atoms with Crippen LogP contribution < -0.4 is 10.6 Å². The highest BCUT2D eigenvalue weighted by Gasteiger charge is 2.17. The van der Waals surface area contributed by atoms with E-state index < -0.39 is 0 Å². The van der Waals surface area contributed by atoms with Gasteiger partial charge in [-0.25, -0.2) is 4.68 Å². The van der Waals surface area contributed by atoms with Gasteiger partial charge in [0.2, 0.25) is 5.91 Å². The minimum absolute atomic E-state index is 0.00601. The Kier molecular flexibility index (Phi) is 4.93. The first-order chi connectivity index (χ1) is 9.15. The van der Waals surface area contributed by atoms with Crippen molar-refractivity contribution in [2.24, 2.45) is 5.92 Å². The largest absolute Gasteiger partial charge is 0.378 e. The molecule has 1 aromatic rings. The average Bonchev–Trinajstić information content (AvgIpc) is 2.77. The standard InChI is InChI=1S/C13H22N4O2/c1-10(2)8-17-12(3-4-15-17)16-13(18)7-11-9-19-6-5-14-11/h3-4,10-11,14H,5-9H2,1-2H3,(H,16,18). The van der Waals surface area contributed by atoms with Crippen molar-refractivity contribution in [3.05, 3.63) is 12.3 Å². The van der Waals surface area contributed by atoms with Gasteiger partial charge in [0.25, 0.3) is 0 Å². The zero-order valence-electron chi connectivity index (χ0n) is 11.6. The maximum atomic E-state index is 12.0. The summed E-state index contributed by atoms with van der Waals surface area (Å²) in [5.74, 6) is 1.24. The Hall–Kier alpha value is -1.40. The molecule has 1 aliphatic rings. The van der Waals surface area contributed by atoms with E-state index in [1.165, 1.54) is 0 Å². The fraction of sp³-hybridized carbons (Fsp3) is 0.692. The van der Waals surface area contributed by atoms with Gasteiger partial charge in [0.1, 0.15) is 5.82 Å². The Morgan fingerprint density at radius 1 is 1.68 bits per heavy atom. The third-order valence-electron chi connectivity index (χ3n) is 2.95. The molecule has 6 heteroatoms. The first kappa shape index (κ1) is 14.0. The van der Waals surface area contributed by atoms with Crippen molar-refractivity contribution in [3.63, 3.8) is 0 Å². The number of nitrogens with one attached hydrogen (secondary N) is 2. The van der Waals surface area contributed by atoms with Crippen molar-refractivity contribution in [1.29, 1.82) is 0 Å². The smallest absolute Gasteiger partial charge is 0.227 e. The summed E-state index contributed by atoms with van der Waals surface area (Å²) in [6.07, 6.45) is 2.13. The molecule has 2 N–H and O–H groups in total. The van der Waals surface area contributed by atoms with E-state index >= 15 is 0 Å². The summed E-state index contributed by atoms with van der Waals surface area (Å²) in [5, 5.41) is 10.4. The highest BCUT2D eigenvalue weighted by atomic mass is 16.5. The van der Waals surface area contributed by atoms with Crippen molar-refractivity contribution in [3.8, 4) is 0 Å². The summed E-state index contributed by atoms with van der Waals surface area (Å²) >= 11 is 0. The number of ether oxygens (including phenoxy) is 1. The molecule has 0 aromatic carbocycles. The number of carbonyl (C=O) groups excluding carboxylic acids is 1. The molecule has 1 amide bonds. The van der Waals surface area contributed by atoms with Crippen LogP contribution in [0.5, 0.6) is 0 Å². The van der Waals surface area contributed by atoms with Crippen molar-refractivity contribution >= 4 is 11.7 Å². The van der Waals surface area contributed by atoms with Gasteiger partial charge >= 0.3 is 0 Å². The molecule has 0 bridgehead atoms. The maximum Gasteiger partial charge on any atom is 0.227 e. The summed E-state index contributed by atoms with van der Waals surface area (Å²) in [6.45, 7) is 7.17. The van der Waals surface area contributed by atoms with Crippen LogP contribution in [0.4, 0.5) is 5.82 Å². The molecule has 1 fully saturated rings. The molecule has 0 aliphatic carbocycles. The second-order valence-electron chi connectivity index (χ2n) is 5.27. The Morgan fingerprint density at radius 3 is 3.21 bits per heavy atom. The van der Waals surface area contributed by atoms with Crippen molar-refractivity contribution in [1.82, 2.24) is 15.1 Å². The number of morpholine rings is 1. The first-order valence-electron chi connectivity index (χ1n) is 6.78.